The zero-order valence-electron chi connectivity index (χ0n) is 6.59. The third-order valence-electron chi connectivity index (χ3n) is 2.12. The van der Waals surface area contributed by atoms with Crippen LogP contribution in [-0.4, -0.2) is 37.9 Å². The summed E-state index contributed by atoms with van der Waals surface area (Å²) in [7, 11) is 1.53. The first-order valence-corrected chi connectivity index (χ1v) is 3.64. The molecule has 1 aliphatic heterocycles. The minimum absolute atomic E-state index is 0.301. The van der Waals surface area contributed by atoms with Gasteiger partial charge in [-0.25, -0.2) is 0 Å². The lowest BCUT2D eigenvalue weighted by molar-refractivity contribution is -0.150. The van der Waals surface area contributed by atoms with Crippen LogP contribution in [0.2, 0.25) is 0 Å². The molecule has 0 aromatic rings. The minimum Gasteiger partial charge on any atom is -0.481 e. The van der Waals surface area contributed by atoms with E-state index < -0.39 is 11.4 Å². The number of nitrogens with one attached hydrogen (secondary N) is 1. The lowest BCUT2D eigenvalue weighted by atomic mass is 9.88. The summed E-state index contributed by atoms with van der Waals surface area (Å²) in [5.74, 6) is -0.760. The molecule has 64 valence electrons. The molecule has 0 amide bonds. The van der Waals surface area contributed by atoms with E-state index in [0.29, 0.717) is 19.6 Å². The molecule has 0 aliphatic carbocycles. The van der Waals surface area contributed by atoms with E-state index in [1.165, 1.54) is 7.11 Å². The van der Waals surface area contributed by atoms with Crippen molar-refractivity contribution in [2.75, 3.05) is 26.8 Å². The molecule has 0 aromatic carbocycles. The SMILES string of the molecule is COC[C@@]1(C(=O)O)CCNC1. The van der Waals surface area contributed by atoms with Crippen molar-refractivity contribution in [3.8, 4) is 0 Å². The minimum atomic E-state index is -0.760. The van der Waals surface area contributed by atoms with Crippen LogP contribution in [0, 0.1) is 5.41 Å². The molecular formula is C7H13NO3. The summed E-state index contributed by atoms with van der Waals surface area (Å²) in [6, 6.07) is 0. The number of carbonyl (C=O) groups is 1. The van der Waals surface area contributed by atoms with E-state index in [2.05, 4.69) is 5.32 Å². The van der Waals surface area contributed by atoms with Gasteiger partial charge in [-0.2, -0.15) is 0 Å². The Kier molecular flexibility index (Phi) is 2.46. The first kappa shape index (κ1) is 8.49. The second-order valence-electron chi connectivity index (χ2n) is 2.95. The number of carboxylic acids is 1. The smallest absolute Gasteiger partial charge is 0.313 e. The van der Waals surface area contributed by atoms with Gasteiger partial charge in [0.05, 0.1) is 6.61 Å². The average molecular weight is 159 g/mol. The topological polar surface area (TPSA) is 58.6 Å². The highest BCUT2D eigenvalue weighted by atomic mass is 16.5. The Morgan fingerprint density at radius 3 is 2.91 bits per heavy atom. The van der Waals surface area contributed by atoms with Crippen LogP contribution in [0.25, 0.3) is 0 Å². The number of ether oxygens (including phenoxy) is 1. The van der Waals surface area contributed by atoms with Gasteiger partial charge in [0.15, 0.2) is 0 Å². The van der Waals surface area contributed by atoms with Crippen LogP contribution in [0.5, 0.6) is 0 Å². The van der Waals surface area contributed by atoms with Crippen LogP contribution in [0.1, 0.15) is 6.42 Å². The molecule has 0 radical (unpaired) electrons. The van der Waals surface area contributed by atoms with Crippen LogP contribution < -0.4 is 5.32 Å². The van der Waals surface area contributed by atoms with Crippen LogP contribution in [0.3, 0.4) is 0 Å². The number of hydrogen-bond acceptors (Lipinski definition) is 3. The Labute approximate surface area is 65.5 Å². The molecule has 1 aliphatic rings. The molecule has 11 heavy (non-hydrogen) atoms. The molecule has 4 heteroatoms. The number of methoxy groups -OCH3 is 1. The van der Waals surface area contributed by atoms with Gasteiger partial charge >= 0.3 is 5.97 Å². The fourth-order valence-electron chi connectivity index (χ4n) is 1.39. The second-order valence-corrected chi connectivity index (χ2v) is 2.95. The zero-order valence-corrected chi connectivity index (χ0v) is 6.59. The van der Waals surface area contributed by atoms with E-state index in [9.17, 15) is 4.79 Å². The largest absolute Gasteiger partial charge is 0.481 e. The Morgan fingerprint density at radius 1 is 1.82 bits per heavy atom. The highest BCUT2D eigenvalue weighted by Gasteiger charge is 2.41. The number of rotatable bonds is 3. The molecule has 1 saturated heterocycles. The van der Waals surface area contributed by atoms with E-state index in [1.807, 2.05) is 0 Å². The molecule has 1 atom stereocenters. The molecule has 0 spiro atoms. The van der Waals surface area contributed by atoms with E-state index in [-0.39, 0.29) is 0 Å². The van der Waals surface area contributed by atoms with Crippen molar-refractivity contribution in [2.45, 2.75) is 6.42 Å². The third kappa shape index (κ3) is 1.52. The van der Waals surface area contributed by atoms with Crippen molar-refractivity contribution in [1.29, 1.82) is 0 Å². The monoisotopic (exact) mass is 159 g/mol. The van der Waals surface area contributed by atoms with E-state index >= 15 is 0 Å². The summed E-state index contributed by atoms with van der Waals surface area (Å²) in [5.41, 5.74) is -0.672. The quantitative estimate of drug-likeness (QED) is 0.593. The Balaban J connectivity index is 2.62. The van der Waals surface area contributed by atoms with Crippen molar-refractivity contribution in [2.24, 2.45) is 5.41 Å². The van der Waals surface area contributed by atoms with Crippen molar-refractivity contribution < 1.29 is 14.6 Å². The van der Waals surface area contributed by atoms with Gasteiger partial charge in [0.2, 0.25) is 0 Å². The summed E-state index contributed by atoms with van der Waals surface area (Å²) in [5, 5.41) is 11.9. The fourth-order valence-corrected chi connectivity index (χ4v) is 1.39. The van der Waals surface area contributed by atoms with Crippen LogP contribution in [0.4, 0.5) is 0 Å². The summed E-state index contributed by atoms with van der Waals surface area (Å²) in [6.07, 6.45) is 0.663. The van der Waals surface area contributed by atoms with Gasteiger partial charge in [-0.1, -0.05) is 0 Å². The van der Waals surface area contributed by atoms with Gasteiger partial charge in [-0.3, -0.25) is 4.79 Å². The van der Waals surface area contributed by atoms with Crippen LogP contribution in [-0.2, 0) is 9.53 Å². The van der Waals surface area contributed by atoms with E-state index in [1.54, 1.807) is 0 Å². The highest BCUT2D eigenvalue weighted by molar-refractivity contribution is 5.75. The molecule has 1 rings (SSSR count). The van der Waals surface area contributed by atoms with Gasteiger partial charge in [0.1, 0.15) is 5.41 Å². The van der Waals surface area contributed by atoms with Crippen LogP contribution >= 0.6 is 0 Å². The molecule has 2 N–H and O–H groups in total. The molecule has 0 bridgehead atoms. The predicted molar refractivity (Wildman–Crippen MR) is 39.4 cm³/mol. The van der Waals surface area contributed by atoms with Gasteiger partial charge in [0, 0.05) is 13.7 Å². The first-order chi connectivity index (χ1) is 5.21. The molecule has 0 saturated carbocycles. The van der Waals surface area contributed by atoms with Gasteiger partial charge < -0.3 is 15.2 Å². The van der Waals surface area contributed by atoms with E-state index in [4.69, 9.17) is 9.84 Å². The summed E-state index contributed by atoms with van der Waals surface area (Å²) in [4.78, 5) is 10.8. The molecule has 1 heterocycles. The lowest BCUT2D eigenvalue weighted by Crippen LogP contribution is -2.37. The van der Waals surface area contributed by atoms with Crippen molar-refractivity contribution in [3.63, 3.8) is 0 Å². The zero-order chi connectivity index (χ0) is 8.32. The molecular weight excluding hydrogens is 146 g/mol. The molecule has 0 unspecified atom stereocenters. The molecule has 0 aromatic heterocycles. The van der Waals surface area contributed by atoms with Gasteiger partial charge in [-0.05, 0) is 13.0 Å². The maximum Gasteiger partial charge on any atom is 0.313 e. The normalized spacial score (nSPS) is 30.6. The van der Waals surface area contributed by atoms with Gasteiger partial charge in [0.25, 0.3) is 0 Å². The average Bonchev–Trinajstić information content (AvgIpc) is 2.38. The second kappa shape index (κ2) is 3.19. The summed E-state index contributed by atoms with van der Waals surface area (Å²) < 4.78 is 4.87. The standard InChI is InChI=1S/C7H13NO3/c1-11-5-7(6(9)10)2-3-8-4-7/h8H,2-5H2,1H3,(H,9,10)/t7-/m1/s1. The number of carboxylic acid groups (broad SMARTS) is 1. The van der Waals surface area contributed by atoms with E-state index in [0.717, 1.165) is 6.54 Å². The summed E-state index contributed by atoms with van der Waals surface area (Å²) >= 11 is 0. The Bertz CT molecular complexity index is 152. The lowest BCUT2D eigenvalue weighted by Gasteiger charge is -2.20. The van der Waals surface area contributed by atoms with Crippen molar-refractivity contribution in [1.82, 2.24) is 5.32 Å². The number of hydrogen-bond donors (Lipinski definition) is 2. The maximum absolute atomic E-state index is 10.8. The van der Waals surface area contributed by atoms with Crippen LogP contribution in [0.15, 0.2) is 0 Å². The molecule has 4 nitrogen and oxygen atoms in total. The fraction of sp³-hybridized carbons (Fsp3) is 0.857. The predicted octanol–water partition coefficient (Wildman–Crippen LogP) is -0.303. The van der Waals surface area contributed by atoms with Crippen molar-refractivity contribution in [3.05, 3.63) is 0 Å². The Morgan fingerprint density at radius 2 is 2.55 bits per heavy atom. The van der Waals surface area contributed by atoms with Crippen molar-refractivity contribution >= 4 is 5.97 Å². The Hall–Kier alpha value is -0.610. The summed E-state index contributed by atoms with van der Waals surface area (Å²) in [6.45, 7) is 1.60. The highest BCUT2D eigenvalue weighted by Crippen LogP contribution is 2.25. The first-order valence-electron chi connectivity index (χ1n) is 3.64. The van der Waals surface area contributed by atoms with Gasteiger partial charge in [-0.15, -0.1) is 0 Å². The maximum atomic E-state index is 10.8. The number of aliphatic carboxylic acids is 1. The molecule has 1 fully saturated rings. The third-order valence-corrected chi connectivity index (χ3v) is 2.12.